The first kappa shape index (κ1) is 14.9. The summed E-state index contributed by atoms with van der Waals surface area (Å²) in [6.07, 6.45) is 5.04. The highest BCUT2D eigenvalue weighted by Crippen LogP contribution is 2.20. The van der Waals surface area contributed by atoms with E-state index in [9.17, 15) is 0 Å². The third-order valence-electron chi connectivity index (χ3n) is 3.67. The standard InChI is InChI=1S/C17H17N5O/c18-9-13-10-20-8-7-16(13)21-14-4-1-12(2-5-14)3-6-15-11-23-17(19)22-15/h1-2,4-5,7-8,10,15H,3,6,11H2,(H2,19,22)(H,20,21)/t15-/m0/s1. The van der Waals surface area contributed by atoms with Crippen LogP contribution in [0.15, 0.2) is 47.7 Å². The van der Waals surface area contributed by atoms with Crippen LogP contribution in [-0.2, 0) is 11.2 Å². The van der Waals surface area contributed by atoms with Crippen LogP contribution in [0.5, 0.6) is 0 Å². The van der Waals surface area contributed by atoms with Gasteiger partial charge in [-0.2, -0.15) is 5.26 Å². The Balaban J connectivity index is 1.60. The maximum absolute atomic E-state index is 9.07. The molecule has 0 aliphatic carbocycles. The van der Waals surface area contributed by atoms with Crippen molar-refractivity contribution >= 4 is 17.4 Å². The van der Waals surface area contributed by atoms with E-state index in [1.165, 1.54) is 5.56 Å². The van der Waals surface area contributed by atoms with Crippen molar-refractivity contribution in [1.82, 2.24) is 4.98 Å². The summed E-state index contributed by atoms with van der Waals surface area (Å²) in [5.74, 6) is 0. The van der Waals surface area contributed by atoms with E-state index >= 15 is 0 Å². The zero-order valence-corrected chi connectivity index (χ0v) is 12.6. The highest BCUT2D eigenvalue weighted by molar-refractivity contribution is 5.73. The normalized spacial score (nSPS) is 16.3. The number of amidine groups is 1. The lowest BCUT2D eigenvalue weighted by molar-refractivity contribution is 0.308. The van der Waals surface area contributed by atoms with Gasteiger partial charge in [0.05, 0.1) is 17.3 Å². The van der Waals surface area contributed by atoms with E-state index in [0.29, 0.717) is 18.2 Å². The first-order valence-corrected chi connectivity index (χ1v) is 7.41. The number of aromatic nitrogens is 1. The average molecular weight is 307 g/mol. The molecule has 2 heterocycles. The van der Waals surface area contributed by atoms with Crippen LogP contribution in [-0.4, -0.2) is 23.7 Å². The van der Waals surface area contributed by atoms with Gasteiger partial charge in [0.1, 0.15) is 12.7 Å². The number of pyridine rings is 1. The van der Waals surface area contributed by atoms with Crippen LogP contribution in [0, 0.1) is 11.3 Å². The summed E-state index contributed by atoms with van der Waals surface area (Å²) in [6, 6.07) is 12.5. The number of nitrogens with one attached hydrogen (secondary N) is 1. The minimum absolute atomic E-state index is 0.155. The molecule has 1 aliphatic heterocycles. The minimum Gasteiger partial charge on any atom is -0.463 e. The van der Waals surface area contributed by atoms with Crippen molar-refractivity contribution in [1.29, 1.82) is 5.26 Å². The largest absolute Gasteiger partial charge is 0.463 e. The molecule has 0 bridgehead atoms. The van der Waals surface area contributed by atoms with Gasteiger partial charge in [0.15, 0.2) is 0 Å². The molecule has 6 heteroatoms. The SMILES string of the molecule is N#Cc1cnccc1Nc1ccc(CC[C@H]2COC(N)=N2)cc1. The fraction of sp³-hybridized carbons (Fsp3) is 0.235. The first-order valence-electron chi connectivity index (χ1n) is 7.41. The van der Waals surface area contributed by atoms with Gasteiger partial charge in [0.25, 0.3) is 6.02 Å². The highest BCUT2D eigenvalue weighted by atomic mass is 16.5. The summed E-state index contributed by atoms with van der Waals surface area (Å²) in [4.78, 5) is 8.17. The molecular weight excluding hydrogens is 290 g/mol. The van der Waals surface area contributed by atoms with Crippen LogP contribution < -0.4 is 11.1 Å². The molecule has 3 rings (SSSR count). The molecule has 1 aliphatic rings. The third kappa shape index (κ3) is 3.77. The van der Waals surface area contributed by atoms with Crippen LogP contribution in [0.25, 0.3) is 0 Å². The van der Waals surface area contributed by atoms with Gasteiger partial charge in [-0.1, -0.05) is 12.1 Å². The Labute approximate surface area is 134 Å². The van der Waals surface area contributed by atoms with Crippen LogP contribution in [0.2, 0.25) is 0 Å². The molecular formula is C17H17N5O. The molecule has 0 saturated heterocycles. The van der Waals surface area contributed by atoms with E-state index in [-0.39, 0.29) is 6.04 Å². The fourth-order valence-corrected chi connectivity index (χ4v) is 2.42. The third-order valence-corrected chi connectivity index (χ3v) is 3.67. The molecule has 23 heavy (non-hydrogen) atoms. The number of anilines is 2. The molecule has 116 valence electrons. The molecule has 0 amide bonds. The molecule has 0 spiro atoms. The van der Waals surface area contributed by atoms with Crippen molar-refractivity contribution in [2.75, 3.05) is 11.9 Å². The molecule has 0 unspecified atom stereocenters. The number of ether oxygens (including phenoxy) is 1. The maximum Gasteiger partial charge on any atom is 0.282 e. The van der Waals surface area contributed by atoms with Crippen molar-refractivity contribution in [3.05, 3.63) is 53.9 Å². The summed E-state index contributed by atoms with van der Waals surface area (Å²) < 4.78 is 5.15. The van der Waals surface area contributed by atoms with Crippen LogP contribution in [0.4, 0.5) is 11.4 Å². The molecule has 0 fully saturated rings. The first-order chi connectivity index (χ1) is 11.2. The lowest BCUT2D eigenvalue weighted by atomic mass is 10.1. The predicted molar refractivity (Wildman–Crippen MR) is 88.4 cm³/mol. The van der Waals surface area contributed by atoms with Crippen LogP contribution >= 0.6 is 0 Å². The zero-order chi connectivity index (χ0) is 16.1. The second-order valence-corrected chi connectivity index (χ2v) is 5.33. The van der Waals surface area contributed by atoms with Gasteiger partial charge in [0.2, 0.25) is 0 Å². The molecule has 3 N–H and O–H groups in total. The molecule has 0 saturated carbocycles. The van der Waals surface area contributed by atoms with Crippen molar-refractivity contribution in [3.63, 3.8) is 0 Å². The minimum atomic E-state index is 0.155. The Hall–Kier alpha value is -3.07. The van der Waals surface area contributed by atoms with Crippen LogP contribution in [0.3, 0.4) is 0 Å². The predicted octanol–water partition coefficient (Wildman–Crippen LogP) is 2.34. The van der Waals surface area contributed by atoms with E-state index in [2.05, 4.69) is 33.5 Å². The van der Waals surface area contributed by atoms with E-state index in [4.69, 9.17) is 15.7 Å². The summed E-state index contributed by atoms with van der Waals surface area (Å²) in [5, 5.41) is 12.3. The number of aryl methyl sites for hydroxylation is 1. The monoisotopic (exact) mass is 307 g/mol. The Kier molecular flexibility index (Phi) is 4.39. The highest BCUT2D eigenvalue weighted by Gasteiger charge is 2.16. The van der Waals surface area contributed by atoms with Crippen molar-refractivity contribution in [3.8, 4) is 6.07 Å². The summed E-state index contributed by atoms with van der Waals surface area (Å²) >= 11 is 0. The van der Waals surface area contributed by atoms with E-state index in [1.807, 2.05) is 12.1 Å². The van der Waals surface area contributed by atoms with Gasteiger partial charge in [-0.05, 0) is 36.6 Å². The van der Waals surface area contributed by atoms with Gasteiger partial charge in [-0.25, -0.2) is 4.99 Å². The lowest BCUT2D eigenvalue weighted by Crippen LogP contribution is -2.10. The van der Waals surface area contributed by atoms with Gasteiger partial charge in [-0.15, -0.1) is 0 Å². The smallest absolute Gasteiger partial charge is 0.282 e. The maximum atomic E-state index is 9.07. The Morgan fingerprint density at radius 3 is 2.83 bits per heavy atom. The van der Waals surface area contributed by atoms with Gasteiger partial charge in [0, 0.05) is 18.1 Å². The number of benzene rings is 1. The number of aliphatic imine (C=N–C) groups is 1. The van der Waals surface area contributed by atoms with Crippen molar-refractivity contribution in [2.24, 2.45) is 10.7 Å². The molecule has 1 atom stereocenters. The van der Waals surface area contributed by atoms with Crippen molar-refractivity contribution in [2.45, 2.75) is 18.9 Å². The van der Waals surface area contributed by atoms with Gasteiger partial charge in [-0.3, -0.25) is 4.98 Å². The molecule has 1 aromatic carbocycles. The molecule has 0 radical (unpaired) electrons. The summed E-state index contributed by atoms with van der Waals surface area (Å²) in [5.41, 5.74) is 8.94. The van der Waals surface area contributed by atoms with Gasteiger partial charge < -0.3 is 15.8 Å². The topological polar surface area (TPSA) is 96.3 Å². The number of hydrogen-bond donors (Lipinski definition) is 2. The van der Waals surface area contributed by atoms with Crippen LogP contribution in [0.1, 0.15) is 17.5 Å². The Bertz CT molecular complexity index is 748. The molecule has 6 nitrogen and oxygen atoms in total. The number of nitrogens with zero attached hydrogens (tertiary/aromatic N) is 3. The average Bonchev–Trinajstić information content (AvgIpc) is 3.00. The molecule has 2 aromatic rings. The Morgan fingerprint density at radius 2 is 2.13 bits per heavy atom. The second-order valence-electron chi connectivity index (χ2n) is 5.33. The number of nitriles is 1. The quantitative estimate of drug-likeness (QED) is 0.883. The van der Waals surface area contributed by atoms with Crippen molar-refractivity contribution < 1.29 is 4.74 Å². The summed E-state index contributed by atoms with van der Waals surface area (Å²) in [7, 11) is 0. The fourth-order valence-electron chi connectivity index (χ4n) is 2.42. The van der Waals surface area contributed by atoms with Gasteiger partial charge >= 0.3 is 0 Å². The number of hydrogen-bond acceptors (Lipinski definition) is 6. The van der Waals surface area contributed by atoms with E-state index < -0.39 is 0 Å². The summed E-state index contributed by atoms with van der Waals surface area (Å²) in [6.45, 7) is 0.574. The Morgan fingerprint density at radius 1 is 1.30 bits per heavy atom. The molecule has 1 aromatic heterocycles. The second kappa shape index (κ2) is 6.79. The number of nitrogens with two attached hydrogens (primary N) is 1. The van der Waals surface area contributed by atoms with E-state index in [1.54, 1.807) is 18.5 Å². The zero-order valence-electron chi connectivity index (χ0n) is 12.6. The number of rotatable bonds is 5. The lowest BCUT2D eigenvalue weighted by Gasteiger charge is -2.09. The van der Waals surface area contributed by atoms with E-state index in [0.717, 1.165) is 24.2 Å².